The summed E-state index contributed by atoms with van der Waals surface area (Å²) in [6.07, 6.45) is 0. The zero-order valence-electron chi connectivity index (χ0n) is 7.54. The molecule has 1 aliphatic heterocycles. The van der Waals surface area contributed by atoms with E-state index in [1.54, 1.807) is 0 Å². The molecule has 0 aromatic carbocycles. The van der Waals surface area contributed by atoms with Gasteiger partial charge in [0.25, 0.3) is 5.91 Å². The van der Waals surface area contributed by atoms with E-state index >= 15 is 0 Å². The van der Waals surface area contributed by atoms with Crippen molar-refractivity contribution in [2.45, 2.75) is 26.8 Å². The van der Waals surface area contributed by atoms with Gasteiger partial charge in [0, 0.05) is 23.6 Å². The maximum atomic E-state index is 11.4. The molecule has 1 saturated heterocycles. The summed E-state index contributed by atoms with van der Waals surface area (Å²) >= 11 is 11.1. The fourth-order valence-corrected chi connectivity index (χ4v) is 1.87. The van der Waals surface area contributed by atoms with Crippen molar-refractivity contribution in [2.24, 2.45) is 5.41 Å². The Morgan fingerprint density at radius 2 is 1.69 bits per heavy atom. The Balaban J connectivity index is 3.01. The van der Waals surface area contributed by atoms with Crippen LogP contribution in [-0.2, 0) is 4.79 Å². The second kappa shape index (κ2) is 3.03. The standard InChI is InChI=1S/C7H10Cl2N2O2/c1-7(2,3)4-5(12)11(9)6(13)10(4)8/h4H,1-3H3/t4-/m1/s1. The summed E-state index contributed by atoms with van der Waals surface area (Å²) in [5.74, 6) is -0.478. The SMILES string of the molecule is CC(C)(C)[C@H]1C(=O)N(Cl)C(=O)N1Cl. The molecular formula is C7H10Cl2N2O2. The van der Waals surface area contributed by atoms with Gasteiger partial charge < -0.3 is 0 Å². The van der Waals surface area contributed by atoms with Crippen LogP contribution < -0.4 is 0 Å². The second-order valence-corrected chi connectivity index (χ2v) is 4.68. The second-order valence-electron chi connectivity index (χ2n) is 3.98. The molecule has 0 aromatic heterocycles. The minimum absolute atomic E-state index is 0.419. The highest BCUT2D eigenvalue weighted by Crippen LogP contribution is 2.33. The smallest absolute Gasteiger partial charge is 0.270 e. The molecule has 1 heterocycles. The lowest BCUT2D eigenvalue weighted by Gasteiger charge is -2.26. The van der Waals surface area contributed by atoms with Crippen LogP contribution in [0.5, 0.6) is 0 Å². The van der Waals surface area contributed by atoms with E-state index in [9.17, 15) is 9.59 Å². The molecule has 0 aromatic rings. The maximum Gasteiger partial charge on any atom is 0.357 e. The molecule has 1 fully saturated rings. The van der Waals surface area contributed by atoms with Crippen molar-refractivity contribution >= 4 is 35.5 Å². The summed E-state index contributed by atoms with van der Waals surface area (Å²) < 4.78 is 1.36. The van der Waals surface area contributed by atoms with E-state index in [4.69, 9.17) is 23.6 Å². The number of carbonyl (C=O) groups is 2. The fourth-order valence-electron chi connectivity index (χ4n) is 1.20. The summed E-state index contributed by atoms with van der Waals surface area (Å²) in [5, 5.41) is 0. The van der Waals surface area contributed by atoms with E-state index < -0.39 is 23.4 Å². The van der Waals surface area contributed by atoms with E-state index in [0.717, 1.165) is 4.42 Å². The van der Waals surface area contributed by atoms with Gasteiger partial charge in [-0.05, 0) is 5.41 Å². The van der Waals surface area contributed by atoms with Crippen LogP contribution in [0.25, 0.3) is 0 Å². The van der Waals surface area contributed by atoms with Crippen molar-refractivity contribution in [1.82, 2.24) is 8.84 Å². The van der Waals surface area contributed by atoms with Gasteiger partial charge >= 0.3 is 6.03 Å². The predicted octanol–water partition coefficient (Wildman–Crippen LogP) is 1.97. The number of urea groups is 1. The molecule has 0 unspecified atom stereocenters. The zero-order chi connectivity index (χ0) is 10.4. The van der Waals surface area contributed by atoms with Crippen LogP contribution in [0.1, 0.15) is 20.8 Å². The normalized spacial score (nSPS) is 24.5. The van der Waals surface area contributed by atoms with Crippen molar-refractivity contribution in [3.8, 4) is 0 Å². The zero-order valence-corrected chi connectivity index (χ0v) is 9.06. The van der Waals surface area contributed by atoms with Gasteiger partial charge in [-0.25, -0.2) is 9.21 Å². The van der Waals surface area contributed by atoms with Crippen LogP contribution in [0.3, 0.4) is 0 Å². The van der Waals surface area contributed by atoms with Crippen LogP contribution in [0.15, 0.2) is 0 Å². The first-order chi connectivity index (χ1) is 5.76. The Hall–Kier alpha value is -0.480. The number of amides is 3. The third kappa shape index (κ3) is 1.60. The largest absolute Gasteiger partial charge is 0.357 e. The van der Waals surface area contributed by atoms with Gasteiger partial charge in [-0.2, -0.15) is 4.42 Å². The molecule has 0 N–H and O–H groups in total. The number of hydrogen-bond acceptors (Lipinski definition) is 2. The molecule has 4 nitrogen and oxygen atoms in total. The molecule has 1 aliphatic rings. The number of halogens is 2. The van der Waals surface area contributed by atoms with Gasteiger partial charge in [-0.1, -0.05) is 20.8 Å². The van der Waals surface area contributed by atoms with Crippen molar-refractivity contribution in [3.63, 3.8) is 0 Å². The third-order valence-electron chi connectivity index (χ3n) is 1.83. The molecule has 0 spiro atoms. The molecule has 0 bridgehead atoms. The van der Waals surface area contributed by atoms with E-state index in [2.05, 4.69) is 0 Å². The van der Waals surface area contributed by atoms with Crippen LogP contribution >= 0.6 is 23.6 Å². The van der Waals surface area contributed by atoms with Crippen molar-refractivity contribution < 1.29 is 9.59 Å². The van der Waals surface area contributed by atoms with Gasteiger partial charge in [0.2, 0.25) is 0 Å². The number of nitrogens with zero attached hydrogens (tertiary/aromatic N) is 2. The molecule has 13 heavy (non-hydrogen) atoms. The lowest BCUT2D eigenvalue weighted by molar-refractivity contribution is -0.127. The number of hydrogen-bond donors (Lipinski definition) is 0. The van der Waals surface area contributed by atoms with Gasteiger partial charge in [-0.15, -0.1) is 0 Å². The fraction of sp³-hybridized carbons (Fsp3) is 0.714. The molecule has 6 heteroatoms. The number of carbonyl (C=O) groups excluding carboxylic acids is 2. The first kappa shape index (κ1) is 10.6. The Bertz CT molecular complexity index is 262. The van der Waals surface area contributed by atoms with E-state index in [-0.39, 0.29) is 0 Å². The molecule has 1 atom stereocenters. The van der Waals surface area contributed by atoms with Crippen molar-refractivity contribution in [1.29, 1.82) is 0 Å². The highest BCUT2D eigenvalue weighted by Gasteiger charge is 2.50. The molecule has 0 radical (unpaired) electrons. The Kier molecular flexibility index (Phi) is 2.47. The average molecular weight is 225 g/mol. The van der Waals surface area contributed by atoms with Crippen LogP contribution in [-0.4, -0.2) is 26.8 Å². The lowest BCUT2D eigenvalue weighted by Crippen LogP contribution is -2.39. The lowest BCUT2D eigenvalue weighted by atomic mass is 9.87. The monoisotopic (exact) mass is 224 g/mol. The van der Waals surface area contributed by atoms with Gasteiger partial charge in [0.15, 0.2) is 0 Å². The highest BCUT2D eigenvalue weighted by atomic mass is 35.5. The van der Waals surface area contributed by atoms with Crippen LogP contribution in [0.2, 0.25) is 0 Å². The molecule has 0 aliphatic carbocycles. The minimum atomic E-state index is -0.695. The quantitative estimate of drug-likeness (QED) is 0.467. The topological polar surface area (TPSA) is 40.6 Å². The van der Waals surface area contributed by atoms with Crippen molar-refractivity contribution in [3.05, 3.63) is 0 Å². The Morgan fingerprint density at radius 3 is 1.85 bits per heavy atom. The summed E-state index contributed by atoms with van der Waals surface area (Å²) in [7, 11) is 0. The van der Waals surface area contributed by atoms with Crippen LogP contribution in [0.4, 0.5) is 4.79 Å². The van der Waals surface area contributed by atoms with Gasteiger partial charge in [-0.3, -0.25) is 4.79 Å². The number of imide groups is 1. The molecule has 0 saturated carbocycles. The van der Waals surface area contributed by atoms with Gasteiger partial charge in [0.1, 0.15) is 6.04 Å². The summed E-state index contributed by atoms with van der Waals surface area (Å²) in [6.45, 7) is 5.44. The van der Waals surface area contributed by atoms with E-state index in [1.165, 1.54) is 0 Å². The first-order valence-electron chi connectivity index (χ1n) is 3.75. The number of rotatable bonds is 0. The Morgan fingerprint density at radius 1 is 1.23 bits per heavy atom. The first-order valence-corrected chi connectivity index (χ1v) is 4.43. The molecule has 1 rings (SSSR count). The minimum Gasteiger partial charge on any atom is -0.270 e. The summed E-state index contributed by atoms with van der Waals surface area (Å²) in [6, 6.07) is -1.38. The van der Waals surface area contributed by atoms with Gasteiger partial charge in [0.05, 0.1) is 0 Å². The van der Waals surface area contributed by atoms with E-state index in [0.29, 0.717) is 4.42 Å². The Labute approximate surface area is 86.6 Å². The molecule has 3 amide bonds. The highest BCUT2D eigenvalue weighted by molar-refractivity contribution is 6.38. The average Bonchev–Trinajstić information content (AvgIpc) is 2.14. The van der Waals surface area contributed by atoms with E-state index in [1.807, 2.05) is 20.8 Å². The third-order valence-corrected chi connectivity index (χ3v) is 2.48. The molecule has 74 valence electrons. The van der Waals surface area contributed by atoms with Crippen LogP contribution in [0, 0.1) is 5.41 Å². The maximum absolute atomic E-state index is 11.4. The summed E-state index contributed by atoms with van der Waals surface area (Å²) in [5.41, 5.74) is -0.419. The summed E-state index contributed by atoms with van der Waals surface area (Å²) in [4.78, 5) is 22.6. The predicted molar refractivity (Wildman–Crippen MR) is 49.0 cm³/mol. The van der Waals surface area contributed by atoms with Crippen molar-refractivity contribution in [2.75, 3.05) is 0 Å². The molecular weight excluding hydrogens is 215 g/mol.